The Kier molecular flexibility index (Phi) is 18.0. The number of anilines is 5. The van der Waals surface area contributed by atoms with Crippen molar-refractivity contribution in [1.29, 1.82) is 0 Å². The zero-order valence-electron chi connectivity index (χ0n) is 71.2. The van der Waals surface area contributed by atoms with E-state index in [9.17, 15) is 0 Å². The van der Waals surface area contributed by atoms with Crippen LogP contribution in [0.3, 0.4) is 0 Å². The molecule has 0 saturated carbocycles. The van der Waals surface area contributed by atoms with Gasteiger partial charge in [-0.25, -0.2) is 0 Å². The second kappa shape index (κ2) is 30.8. The van der Waals surface area contributed by atoms with Crippen molar-refractivity contribution in [3.63, 3.8) is 0 Å². The zero-order valence-corrected chi connectivity index (χ0v) is 74.4. The Morgan fingerprint density at radius 2 is 0.542 bits per heavy atom. The molecule has 4 aliphatic carbocycles. The fraction of sp³-hybridized carbons (Fsp3) is 0.0159. The summed E-state index contributed by atoms with van der Waals surface area (Å²) in [7, 11) is 0. The largest absolute Gasteiger partial charge is 0.355 e. The van der Waals surface area contributed by atoms with Crippen LogP contribution in [0.15, 0.2) is 478 Å². The van der Waals surface area contributed by atoms with Crippen LogP contribution in [0, 0.1) is 0 Å². The summed E-state index contributed by atoms with van der Waals surface area (Å²) in [6, 6.07) is 175. The smallest absolute Gasteiger partial charge is 0.0731 e. The molecular formula is C126H79BrN2S2. The van der Waals surface area contributed by atoms with Gasteiger partial charge in [-0.3, -0.25) is 0 Å². The maximum atomic E-state index is 3.69. The van der Waals surface area contributed by atoms with Crippen molar-refractivity contribution in [1.82, 2.24) is 0 Å². The topological polar surface area (TPSA) is 15.3 Å². The molecule has 131 heavy (non-hydrogen) atoms. The summed E-state index contributed by atoms with van der Waals surface area (Å²) in [5, 5.41) is 18.9. The molecule has 2 aromatic heterocycles. The molecule has 0 saturated heterocycles. The second-order valence-electron chi connectivity index (χ2n) is 35.0. The lowest BCUT2D eigenvalue weighted by molar-refractivity contribution is 0.801. The molecule has 24 aromatic rings. The monoisotopic (exact) mass is 1760 g/mol. The number of fused-ring (bicyclic) bond motifs is 32. The highest BCUT2D eigenvalue weighted by Gasteiger charge is 2.54. The highest BCUT2D eigenvalue weighted by Crippen LogP contribution is 2.67. The molecular weight excluding hydrogens is 1690 g/mol. The van der Waals surface area contributed by atoms with E-state index in [4.69, 9.17) is 0 Å². The van der Waals surface area contributed by atoms with E-state index in [0.717, 1.165) is 32.9 Å². The number of nitrogens with zero attached hydrogens (tertiary/aromatic N) is 1. The Morgan fingerprint density at radius 3 is 1.08 bits per heavy atom. The van der Waals surface area contributed by atoms with E-state index < -0.39 is 5.41 Å². The van der Waals surface area contributed by atoms with Crippen molar-refractivity contribution < 1.29 is 0 Å². The molecule has 0 unspecified atom stereocenters. The molecule has 4 aliphatic rings. The Hall–Kier alpha value is -15.6. The first-order valence-electron chi connectivity index (χ1n) is 45.0. The summed E-state index contributed by atoms with van der Waals surface area (Å²) in [6.45, 7) is 0. The first-order valence-corrected chi connectivity index (χ1v) is 47.4. The van der Waals surface area contributed by atoms with Gasteiger partial charge in [-0.1, -0.05) is 368 Å². The number of hydrogen-bond acceptors (Lipinski definition) is 4. The number of halogens is 1. The fourth-order valence-corrected chi connectivity index (χ4v) is 24.8. The van der Waals surface area contributed by atoms with E-state index in [1.54, 1.807) is 0 Å². The van der Waals surface area contributed by atoms with E-state index in [2.05, 4.69) is 493 Å². The first-order chi connectivity index (χ1) is 64.8. The summed E-state index contributed by atoms with van der Waals surface area (Å²) >= 11 is 7.43. The van der Waals surface area contributed by atoms with Crippen LogP contribution in [0.5, 0.6) is 0 Å². The van der Waals surface area contributed by atoms with Crippen LogP contribution in [0.1, 0.15) is 44.5 Å². The Labute approximate surface area is 776 Å². The van der Waals surface area contributed by atoms with Gasteiger partial charge in [-0.05, 0) is 298 Å². The number of hydrogen-bond donors (Lipinski definition) is 1. The molecule has 0 atom stereocenters. The molecule has 2 heterocycles. The van der Waals surface area contributed by atoms with Crippen LogP contribution >= 0.6 is 38.6 Å². The predicted molar refractivity (Wildman–Crippen MR) is 562 cm³/mol. The lowest BCUT2D eigenvalue weighted by Gasteiger charge is -2.31. The molecule has 0 radical (unpaired) electrons. The molecule has 22 aromatic carbocycles. The third-order valence-corrected chi connectivity index (χ3v) is 30.8. The molecule has 2 spiro atoms. The van der Waals surface area contributed by atoms with Gasteiger partial charge in [0.25, 0.3) is 0 Å². The molecule has 5 heteroatoms. The summed E-state index contributed by atoms with van der Waals surface area (Å²) < 4.78 is 6.35. The summed E-state index contributed by atoms with van der Waals surface area (Å²) in [6.07, 6.45) is 0. The quantitative estimate of drug-likeness (QED) is 0.155. The van der Waals surface area contributed by atoms with Gasteiger partial charge >= 0.3 is 0 Å². The van der Waals surface area contributed by atoms with E-state index in [1.807, 2.05) is 28.7 Å². The van der Waals surface area contributed by atoms with Gasteiger partial charge in [0.05, 0.1) is 10.8 Å². The Balaban J connectivity index is 0.000000116. The third-order valence-electron chi connectivity index (χ3n) is 28.0. The average molecular weight is 1770 g/mol. The van der Waals surface area contributed by atoms with Gasteiger partial charge in [0.2, 0.25) is 0 Å². The van der Waals surface area contributed by atoms with Crippen LogP contribution in [0.2, 0.25) is 0 Å². The third kappa shape index (κ3) is 12.3. The van der Waals surface area contributed by atoms with Crippen LogP contribution in [-0.2, 0) is 10.8 Å². The van der Waals surface area contributed by atoms with Crippen molar-refractivity contribution in [2.24, 2.45) is 0 Å². The number of thiophene rings is 2. The molecule has 0 aliphatic heterocycles. The van der Waals surface area contributed by atoms with E-state index in [1.165, 1.54) is 217 Å². The average Bonchev–Trinajstić information content (AvgIpc) is 1.50. The van der Waals surface area contributed by atoms with Gasteiger partial charge in [0.1, 0.15) is 0 Å². The molecule has 0 bridgehead atoms. The van der Waals surface area contributed by atoms with Crippen LogP contribution in [0.25, 0.3) is 172 Å². The number of rotatable bonds is 9. The predicted octanol–water partition coefficient (Wildman–Crippen LogP) is 35.7. The minimum atomic E-state index is -0.404. The molecule has 28 rings (SSSR count). The van der Waals surface area contributed by atoms with Gasteiger partial charge < -0.3 is 10.2 Å². The van der Waals surface area contributed by atoms with E-state index >= 15 is 0 Å². The summed E-state index contributed by atoms with van der Waals surface area (Å²) in [5.74, 6) is 0. The van der Waals surface area contributed by atoms with Crippen molar-refractivity contribution in [3.05, 3.63) is 522 Å². The molecule has 0 fully saturated rings. The van der Waals surface area contributed by atoms with Gasteiger partial charge in [-0.15, -0.1) is 22.7 Å². The number of nitrogens with one attached hydrogen (secondary N) is 1. The van der Waals surface area contributed by atoms with Crippen molar-refractivity contribution in [2.45, 2.75) is 10.8 Å². The second-order valence-corrected chi connectivity index (χ2v) is 38.1. The summed E-state index contributed by atoms with van der Waals surface area (Å²) in [4.78, 5) is 2.42. The van der Waals surface area contributed by atoms with Crippen molar-refractivity contribution >= 4 is 150 Å². The molecule has 612 valence electrons. The maximum Gasteiger partial charge on any atom is 0.0731 e. The van der Waals surface area contributed by atoms with E-state index in [0.29, 0.717) is 0 Å². The SMILES string of the molecule is Brc1ccc2sc3ccc(-c4ccc5c(c4)-c4ccc6ccccc6c4C54c5ccccc5-c5ccccc54)cc3c2c1.c1ccc(-c2cccc(N(c3ccc4ccccc4c3)c3ccc4sc5ccc(-c6ccc7c(c6)-c6ccc8ccccc8c6C76c7ccccc7-c7ccccc76)cc5c4c3)c2)cc1.c1ccc(-c2cccc(Nc3ccc4ccccc4c3)c2)cc1. The Bertz CT molecular complexity index is 8730. The Morgan fingerprint density at radius 1 is 0.191 bits per heavy atom. The van der Waals surface area contributed by atoms with Crippen molar-refractivity contribution in [2.75, 3.05) is 10.2 Å². The first kappa shape index (κ1) is 76.6. The zero-order chi connectivity index (χ0) is 86.4. The lowest BCUT2D eigenvalue weighted by Crippen LogP contribution is -2.26. The van der Waals surface area contributed by atoms with Crippen LogP contribution in [0.4, 0.5) is 28.4 Å². The van der Waals surface area contributed by atoms with Gasteiger partial charge in [0.15, 0.2) is 0 Å². The number of benzene rings is 22. The minimum Gasteiger partial charge on any atom is -0.355 e. The normalized spacial score (nSPS) is 12.9. The lowest BCUT2D eigenvalue weighted by atomic mass is 9.69. The summed E-state index contributed by atoms with van der Waals surface area (Å²) in [5.41, 5.74) is 36.4. The van der Waals surface area contributed by atoms with Gasteiger partial charge in [0, 0.05) is 73.3 Å². The van der Waals surface area contributed by atoms with Crippen LogP contribution in [-0.4, -0.2) is 0 Å². The highest BCUT2D eigenvalue weighted by atomic mass is 79.9. The van der Waals surface area contributed by atoms with Gasteiger partial charge in [-0.2, -0.15) is 0 Å². The van der Waals surface area contributed by atoms with Crippen LogP contribution < -0.4 is 10.2 Å². The maximum absolute atomic E-state index is 3.69. The molecule has 2 nitrogen and oxygen atoms in total. The standard InChI is InChI=1S/C63H39NS.C41H23BrS.C22H17N/c1-2-13-40(14-3-1)44-18-12-19-47(35-44)64(48-29-25-41-15-4-5-17-43(41)36-48)49-30-34-61-56(39-49)55-38-46(28-33-60(55)65-61)45-27-32-59-54(37-45)53-31-26-42-16-6-7-20-50(42)62(53)63(59)57-23-10-8-21-51(57)52-22-9-11-24-58(52)63;42-27-16-20-39-34(23-27)33-22-26(15-19-38(33)43-39)25-14-18-37-32(21-25)31-17-13-24-7-1-2-8-28(24)40(31)41(37)35-11-5-3-9-29(35)30-10-4-6-12-36(30)41;1-2-7-17(8-3-1)20-11-6-12-21(15-20)23-22-14-13-18-9-4-5-10-19(18)16-22/h1-39H;1-23H;1-16,23H. The molecule has 1 N–H and O–H groups in total. The fourth-order valence-electron chi connectivity index (χ4n) is 22.3. The minimum absolute atomic E-state index is 0.350. The van der Waals surface area contributed by atoms with E-state index in [-0.39, 0.29) is 5.41 Å². The molecule has 0 amide bonds. The van der Waals surface area contributed by atoms with Crippen molar-refractivity contribution in [3.8, 4) is 89.0 Å². The highest BCUT2D eigenvalue weighted by molar-refractivity contribution is 9.10.